The number of rotatable bonds is 6. The highest BCUT2D eigenvalue weighted by Crippen LogP contribution is 2.26. The van der Waals surface area contributed by atoms with Crippen LogP contribution in [0.5, 0.6) is 0 Å². The van der Waals surface area contributed by atoms with Gasteiger partial charge in [0.05, 0.1) is 6.61 Å². The average Bonchev–Trinajstić information content (AvgIpc) is 2.49. The molecular weight excluding hydrogens is 252 g/mol. The Balaban J connectivity index is 1.86. The SMILES string of the molecule is CCOC(=O)c1cccnc1NCCC1CCCCC1. The van der Waals surface area contributed by atoms with Crippen molar-refractivity contribution < 1.29 is 9.53 Å². The number of esters is 1. The fourth-order valence-corrected chi connectivity index (χ4v) is 2.79. The second kappa shape index (κ2) is 7.88. The quantitative estimate of drug-likeness (QED) is 0.806. The highest BCUT2D eigenvalue weighted by atomic mass is 16.5. The van der Waals surface area contributed by atoms with Gasteiger partial charge >= 0.3 is 5.97 Å². The molecule has 4 heteroatoms. The van der Waals surface area contributed by atoms with Crippen LogP contribution in [0.4, 0.5) is 5.82 Å². The molecule has 0 unspecified atom stereocenters. The predicted molar refractivity (Wildman–Crippen MR) is 79.9 cm³/mol. The summed E-state index contributed by atoms with van der Waals surface area (Å²) in [6.07, 6.45) is 9.65. The lowest BCUT2D eigenvalue weighted by atomic mass is 9.87. The van der Waals surface area contributed by atoms with Crippen LogP contribution in [-0.4, -0.2) is 24.1 Å². The third-order valence-electron chi connectivity index (χ3n) is 3.87. The van der Waals surface area contributed by atoms with Gasteiger partial charge in [0.15, 0.2) is 0 Å². The number of nitrogens with zero attached hydrogens (tertiary/aromatic N) is 1. The fourth-order valence-electron chi connectivity index (χ4n) is 2.79. The molecule has 0 bridgehead atoms. The van der Waals surface area contributed by atoms with E-state index >= 15 is 0 Å². The Morgan fingerprint density at radius 3 is 2.95 bits per heavy atom. The maximum Gasteiger partial charge on any atom is 0.341 e. The maximum absolute atomic E-state index is 11.8. The van der Waals surface area contributed by atoms with Gasteiger partial charge in [-0.3, -0.25) is 0 Å². The van der Waals surface area contributed by atoms with E-state index in [-0.39, 0.29) is 5.97 Å². The molecule has 0 aliphatic heterocycles. The fraction of sp³-hybridized carbons (Fsp3) is 0.625. The van der Waals surface area contributed by atoms with Crippen LogP contribution in [0.2, 0.25) is 0 Å². The van der Waals surface area contributed by atoms with Crippen LogP contribution in [0.1, 0.15) is 55.8 Å². The summed E-state index contributed by atoms with van der Waals surface area (Å²) in [4.78, 5) is 16.1. The van der Waals surface area contributed by atoms with Gasteiger partial charge in [0.1, 0.15) is 11.4 Å². The molecule has 1 heterocycles. The van der Waals surface area contributed by atoms with E-state index in [1.54, 1.807) is 18.3 Å². The molecule has 1 N–H and O–H groups in total. The molecular formula is C16H24N2O2. The van der Waals surface area contributed by atoms with E-state index in [4.69, 9.17) is 4.74 Å². The number of hydrogen-bond donors (Lipinski definition) is 1. The summed E-state index contributed by atoms with van der Waals surface area (Å²) in [5, 5.41) is 3.29. The Kier molecular flexibility index (Phi) is 5.84. The molecule has 0 radical (unpaired) electrons. The van der Waals surface area contributed by atoms with Crippen LogP contribution in [0.3, 0.4) is 0 Å². The number of ether oxygens (including phenoxy) is 1. The van der Waals surface area contributed by atoms with E-state index in [0.717, 1.165) is 18.9 Å². The van der Waals surface area contributed by atoms with Crippen LogP contribution in [0, 0.1) is 5.92 Å². The van der Waals surface area contributed by atoms with Crippen LogP contribution in [-0.2, 0) is 4.74 Å². The molecule has 1 fully saturated rings. The highest BCUT2D eigenvalue weighted by molar-refractivity contribution is 5.94. The zero-order valence-electron chi connectivity index (χ0n) is 12.2. The summed E-state index contributed by atoms with van der Waals surface area (Å²) in [5.74, 6) is 1.16. The van der Waals surface area contributed by atoms with E-state index in [2.05, 4.69) is 10.3 Å². The number of nitrogens with one attached hydrogen (secondary N) is 1. The predicted octanol–water partition coefficient (Wildman–Crippen LogP) is 3.64. The summed E-state index contributed by atoms with van der Waals surface area (Å²) in [7, 11) is 0. The van der Waals surface area contributed by atoms with Crippen molar-refractivity contribution in [2.45, 2.75) is 45.4 Å². The summed E-state index contributed by atoms with van der Waals surface area (Å²) in [6.45, 7) is 3.06. The number of anilines is 1. The molecule has 0 saturated heterocycles. The van der Waals surface area contributed by atoms with Crippen LogP contribution < -0.4 is 5.32 Å². The molecule has 0 atom stereocenters. The molecule has 0 aromatic carbocycles. The first kappa shape index (κ1) is 14.8. The Morgan fingerprint density at radius 1 is 1.40 bits per heavy atom. The van der Waals surface area contributed by atoms with Crippen molar-refractivity contribution in [1.29, 1.82) is 0 Å². The molecule has 1 aromatic heterocycles. The lowest BCUT2D eigenvalue weighted by Crippen LogP contribution is -2.15. The minimum Gasteiger partial charge on any atom is -0.462 e. The van der Waals surface area contributed by atoms with Gasteiger partial charge in [-0.1, -0.05) is 32.1 Å². The molecule has 1 aromatic rings. The Labute approximate surface area is 120 Å². The molecule has 0 spiro atoms. The second-order valence-corrected chi connectivity index (χ2v) is 5.34. The van der Waals surface area contributed by atoms with Crippen molar-refractivity contribution in [3.8, 4) is 0 Å². The normalized spacial score (nSPS) is 15.8. The molecule has 0 amide bonds. The van der Waals surface area contributed by atoms with Crippen molar-refractivity contribution in [3.05, 3.63) is 23.9 Å². The summed E-state index contributed by atoms with van der Waals surface area (Å²) >= 11 is 0. The van der Waals surface area contributed by atoms with E-state index in [1.807, 2.05) is 6.92 Å². The number of carbonyl (C=O) groups is 1. The standard InChI is InChI=1S/C16H24N2O2/c1-2-20-16(19)14-9-6-11-17-15(14)18-12-10-13-7-4-3-5-8-13/h6,9,11,13H,2-5,7-8,10,12H2,1H3,(H,17,18). The highest BCUT2D eigenvalue weighted by Gasteiger charge is 2.15. The first-order valence-electron chi connectivity index (χ1n) is 7.67. The van der Waals surface area contributed by atoms with Gasteiger partial charge in [0, 0.05) is 12.7 Å². The van der Waals surface area contributed by atoms with Crippen molar-refractivity contribution in [2.75, 3.05) is 18.5 Å². The van der Waals surface area contributed by atoms with E-state index in [0.29, 0.717) is 18.0 Å². The number of hydrogen-bond acceptors (Lipinski definition) is 4. The number of aromatic nitrogens is 1. The van der Waals surface area contributed by atoms with E-state index < -0.39 is 0 Å². The topological polar surface area (TPSA) is 51.2 Å². The minimum atomic E-state index is -0.305. The summed E-state index contributed by atoms with van der Waals surface area (Å²) < 4.78 is 5.05. The monoisotopic (exact) mass is 276 g/mol. The Bertz CT molecular complexity index is 428. The van der Waals surface area contributed by atoms with Gasteiger partial charge in [-0.25, -0.2) is 9.78 Å². The average molecular weight is 276 g/mol. The smallest absolute Gasteiger partial charge is 0.341 e. The van der Waals surface area contributed by atoms with Crippen LogP contribution in [0.25, 0.3) is 0 Å². The summed E-state index contributed by atoms with van der Waals surface area (Å²) in [5.41, 5.74) is 0.526. The van der Waals surface area contributed by atoms with Gasteiger partial charge in [-0.2, -0.15) is 0 Å². The lowest BCUT2D eigenvalue weighted by Gasteiger charge is -2.21. The van der Waals surface area contributed by atoms with E-state index in [1.165, 1.54) is 32.1 Å². The molecule has 2 rings (SSSR count). The number of carbonyl (C=O) groups excluding carboxylic acids is 1. The minimum absolute atomic E-state index is 0.305. The number of pyridine rings is 1. The lowest BCUT2D eigenvalue weighted by molar-refractivity contribution is 0.0527. The van der Waals surface area contributed by atoms with Gasteiger partial charge in [0.2, 0.25) is 0 Å². The third-order valence-corrected chi connectivity index (χ3v) is 3.87. The second-order valence-electron chi connectivity index (χ2n) is 5.34. The van der Waals surface area contributed by atoms with Crippen LogP contribution >= 0.6 is 0 Å². The van der Waals surface area contributed by atoms with Crippen molar-refractivity contribution in [1.82, 2.24) is 4.98 Å². The molecule has 1 aliphatic carbocycles. The molecule has 1 saturated carbocycles. The molecule has 20 heavy (non-hydrogen) atoms. The van der Waals surface area contributed by atoms with Gasteiger partial charge < -0.3 is 10.1 Å². The Morgan fingerprint density at radius 2 is 2.20 bits per heavy atom. The van der Waals surface area contributed by atoms with Gasteiger partial charge in [-0.05, 0) is 31.4 Å². The zero-order valence-corrected chi connectivity index (χ0v) is 12.2. The van der Waals surface area contributed by atoms with Gasteiger partial charge in [-0.15, -0.1) is 0 Å². The first-order valence-corrected chi connectivity index (χ1v) is 7.67. The van der Waals surface area contributed by atoms with E-state index in [9.17, 15) is 4.79 Å². The summed E-state index contributed by atoms with van der Waals surface area (Å²) in [6, 6.07) is 3.52. The van der Waals surface area contributed by atoms with Gasteiger partial charge in [0.25, 0.3) is 0 Å². The molecule has 4 nitrogen and oxygen atoms in total. The first-order chi connectivity index (χ1) is 9.81. The zero-order chi connectivity index (χ0) is 14.2. The van der Waals surface area contributed by atoms with Crippen molar-refractivity contribution >= 4 is 11.8 Å². The largest absolute Gasteiger partial charge is 0.462 e. The molecule has 110 valence electrons. The Hall–Kier alpha value is -1.58. The van der Waals surface area contributed by atoms with Crippen molar-refractivity contribution in [2.24, 2.45) is 5.92 Å². The maximum atomic E-state index is 11.8. The third kappa shape index (κ3) is 4.22. The molecule has 1 aliphatic rings. The van der Waals surface area contributed by atoms with Crippen LogP contribution in [0.15, 0.2) is 18.3 Å². The van der Waals surface area contributed by atoms with Crippen molar-refractivity contribution in [3.63, 3.8) is 0 Å².